The molecule has 0 aromatic carbocycles. The summed E-state index contributed by atoms with van der Waals surface area (Å²) in [6.07, 6.45) is 5.72. The number of nitrogens with zero attached hydrogens (tertiary/aromatic N) is 1. The minimum atomic E-state index is -0.375. The first-order valence-electron chi connectivity index (χ1n) is 4.34. The van der Waals surface area contributed by atoms with Crippen LogP contribution in [0, 0.1) is 6.57 Å². The molecule has 0 saturated heterocycles. The summed E-state index contributed by atoms with van der Waals surface area (Å²) in [5.74, 6) is 0. The second kappa shape index (κ2) is 6.45. The fourth-order valence-electron chi connectivity index (χ4n) is 1.26. The van der Waals surface area contributed by atoms with Gasteiger partial charge in [0.25, 0.3) is 0 Å². The Balaban J connectivity index is 4.35. The summed E-state index contributed by atoms with van der Waals surface area (Å²) in [5, 5.41) is 0. The van der Waals surface area contributed by atoms with Crippen molar-refractivity contribution in [1.29, 1.82) is 0 Å². The van der Waals surface area contributed by atoms with Gasteiger partial charge in [-0.1, -0.05) is 12.2 Å². The van der Waals surface area contributed by atoms with E-state index in [1.165, 1.54) is 0 Å². The number of hydrogen-bond acceptors (Lipinski definition) is 1. The highest BCUT2D eigenvalue weighted by Crippen LogP contribution is 2.26. The van der Waals surface area contributed by atoms with Gasteiger partial charge in [-0.15, -0.1) is 13.2 Å². The summed E-state index contributed by atoms with van der Waals surface area (Å²) in [6.45, 7) is 15.1. The second-order valence-electron chi connectivity index (χ2n) is 3.06. The van der Waals surface area contributed by atoms with Crippen LogP contribution in [-0.2, 0) is 4.74 Å². The van der Waals surface area contributed by atoms with E-state index in [2.05, 4.69) is 18.0 Å². The standard InChI is InChI=1S/C11H17NO/c1-5-7-11(12-3,8-6-2)9-10-13-4/h5-6H,1-2,7-10H2,4H3. The van der Waals surface area contributed by atoms with Gasteiger partial charge < -0.3 is 9.58 Å². The maximum Gasteiger partial charge on any atom is 0.241 e. The summed E-state index contributed by atoms with van der Waals surface area (Å²) < 4.78 is 4.98. The van der Waals surface area contributed by atoms with E-state index in [-0.39, 0.29) is 5.54 Å². The van der Waals surface area contributed by atoms with Crippen LogP contribution in [-0.4, -0.2) is 19.3 Å². The van der Waals surface area contributed by atoms with Crippen LogP contribution < -0.4 is 0 Å². The Kier molecular flexibility index (Phi) is 5.92. The third kappa shape index (κ3) is 3.91. The Bertz CT molecular complexity index is 193. The molecule has 0 aliphatic rings. The molecule has 0 amide bonds. The van der Waals surface area contributed by atoms with E-state index in [0.717, 1.165) is 6.42 Å². The maximum absolute atomic E-state index is 7.17. The molecule has 0 aliphatic heterocycles. The van der Waals surface area contributed by atoms with Gasteiger partial charge in [-0.25, -0.2) is 6.57 Å². The van der Waals surface area contributed by atoms with Crippen molar-refractivity contribution in [3.8, 4) is 0 Å². The molecule has 0 heterocycles. The van der Waals surface area contributed by atoms with Gasteiger partial charge in [0.1, 0.15) is 0 Å². The normalized spacial score (nSPS) is 10.5. The van der Waals surface area contributed by atoms with E-state index in [1.54, 1.807) is 19.3 Å². The Morgan fingerprint density at radius 1 is 1.38 bits per heavy atom. The molecule has 0 N–H and O–H groups in total. The SMILES string of the molecule is [C-]#[N+]C(CC=C)(CC=C)CCOC. The maximum atomic E-state index is 7.17. The second-order valence-corrected chi connectivity index (χ2v) is 3.06. The quantitative estimate of drug-likeness (QED) is 0.433. The van der Waals surface area contributed by atoms with Crippen LogP contribution in [0.15, 0.2) is 25.3 Å². The third-order valence-corrected chi connectivity index (χ3v) is 2.06. The van der Waals surface area contributed by atoms with Crippen LogP contribution in [0.25, 0.3) is 4.85 Å². The highest BCUT2D eigenvalue weighted by molar-refractivity contribution is 5.05. The molecule has 2 nitrogen and oxygen atoms in total. The molecule has 0 aromatic heterocycles. The lowest BCUT2D eigenvalue weighted by molar-refractivity contribution is 0.176. The van der Waals surface area contributed by atoms with Crippen molar-refractivity contribution in [2.75, 3.05) is 13.7 Å². The van der Waals surface area contributed by atoms with Gasteiger partial charge in [0.05, 0.1) is 6.61 Å². The van der Waals surface area contributed by atoms with Gasteiger partial charge in [-0.05, 0) is 0 Å². The van der Waals surface area contributed by atoms with E-state index in [0.29, 0.717) is 19.4 Å². The molecular formula is C11H17NO. The zero-order chi connectivity index (χ0) is 10.2. The summed E-state index contributed by atoms with van der Waals surface area (Å²) in [5.41, 5.74) is -0.375. The zero-order valence-corrected chi connectivity index (χ0v) is 8.25. The molecule has 0 rings (SSSR count). The molecule has 0 aromatic rings. The van der Waals surface area contributed by atoms with Gasteiger partial charge in [0, 0.05) is 26.4 Å². The number of rotatable bonds is 7. The molecule has 0 aliphatic carbocycles. The molecule has 0 fully saturated rings. The smallest absolute Gasteiger partial charge is 0.241 e. The van der Waals surface area contributed by atoms with Crippen LogP contribution in [0.3, 0.4) is 0 Å². The van der Waals surface area contributed by atoms with E-state index in [4.69, 9.17) is 11.3 Å². The molecular weight excluding hydrogens is 162 g/mol. The topological polar surface area (TPSA) is 13.6 Å². The lowest BCUT2D eigenvalue weighted by atomic mass is 9.89. The molecule has 0 atom stereocenters. The summed E-state index contributed by atoms with van der Waals surface area (Å²) in [7, 11) is 1.65. The summed E-state index contributed by atoms with van der Waals surface area (Å²) >= 11 is 0. The van der Waals surface area contributed by atoms with Crippen molar-refractivity contribution in [1.82, 2.24) is 0 Å². The van der Waals surface area contributed by atoms with Crippen LogP contribution >= 0.6 is 0 Å². The molecule has 0 unspecified atom stereocenters. The minimum absolute atomic E-state index is 0.375. The van der Waals surface area contributed by atoms with Gasteiger partial charge in [-0.2, -0.15) is 0 Å². The minimum Gasteiger partial charge on any atom is -0.384 e. The van der Waals surface area contributed by atoms with Crippen molar-refractivity contribution in [2.45, 2.75) is 24.8 Å². The van der Waals surface area contributed by atoms with Crippen molar-refractivity contribution in [3.63, 3.8) is 0 Å². The number of ether oxygens (including phenoxy) is 1. The van der Waals surface area contributed by atoms with Crippen molar-refractivity contribution < 1.29 is 4.74 Å². The predicted molar refractivity (Wildman–Crippen MR) is 55.5 cm³/mol. The Labute approximate surface area is 80.7 Å². The zero-order valence-electron chi connectivity index (χ0n) is 8.25. The van der Waals surface area contributed by atoms with Gasteiger partial charge in [-0.3, -0.25) is 0 Å². The Morgan fingerprint density at radius 3 is 2.23 bits per heavy atom. The molecule has 0 bridgehead atoms. The van der Waals surface area contributed by atoms with Gasteiger partial charge in [0.2, 0.25) is 5.54 Å². The molecule has 0 radical (unpaired) electrons. The van der Waals surface area contributed by atoms with E-state index >= 15 is 0 Å². The third-order valence-electron chi connectivity index (χ3n) is 2.06. The Hall–Kier alpha value is -1.07. The average Bonchev–Trinajstić information content (AvgIpc) is 2.15. The lowest BCUT2D eigenvalue weighted by Crippen LogP contribution is -2.24. The van der Waals surface area contributed by atoms with Crippen LogP contribution in [0.2, 0.25) is 0 Å². The fourth-order valence-corrected chi connectivity index (χ4v) is 1.26. The van der Waals surface area contributed by atoms with E-state index in [1.807, 2.05) is 0 Å². The highest BCUT2D eigenvalue weighted by atomic mass is 16.5. The van der Waals surface area contributed by atoms with Crippen molar-refractivity contribution in [2.24, 2.45) is 0 Å². The van der Waals surface area contributed by atoms with Crippen LogP contribution in [0.5, 0.6) is 0 Å². The highest BCUT2D eigenvalue weighted by Gasteiger charge is 2.32. The summed E-state index contributed by atoms with van der Waals surface area (Å²) in [6, 6.07) is 0. The number of methoxy groups -OCH3 is 1. The van der Waals surface area contributed by atoms with Crippen LogP contribution in [0.4, 0.5) is 0 Å². The monoisotopic (exact) mass is 179 g/mol. The molecule has 0 saturated carbocycles. The largest absolute Gasteiger partial charge is 0.384 e. The van der Waals surface area contributed by atoms with E-state index in [9.17, 15) is 0 Å². The van der Waals surface area contributed by atoms with Crippen molar-refractivity contribution >= 4 is 0 Å². The fraction of sp³-hybridized carbons (Fsp3) is 0.545. The molecule has 13 heavy (non-hydrogen) atoms. The molecule has 0 spiro atoms. The first-order valence-corrected chi connectivity index (χ1v) is 4.34. The number of hydrogen-bond donors (Lipinski definition) is 0. The van der Waals surface area contributed by atoms with Crippen molar-refractivity contribution in [3.05, 3.63) is 36.7 Å². The molecule has 72 valence electrons. The first kappa shape index (κ1) is 11.9. The Morgan fingerprint density at radius 2 is 1.92 bits per heavy atom. The van der Waals surface area contributed by atoms with E-state index < -0.39 is 0 Å². The van der Waals surface area contributed by atoms with Gasteiger partial charge >= 0.3 is 0 Å². The van der Waals surface area contributed by atoms with Crippen LogP contribution in [0.1, 0.15) is 19.3 Å². The lowest BCUT2D eigenvalue weighted by Gasteiger charge is -2.18. The first-order chi connectivity index (χ1) is 6.24. The van der Waals surface area contributed by atoms with Gasteiger partial charge in [0.15, 0.2) is 0 Å². The predicted octanol–water partition coefficient (Wildman–Crippen LogP) is 2.83. The summed E-state index contributed by atoms with van der Waals surface area (Å²) in [4.78, 5) is 3.66. The molecule has 2 heteroatoms. The average molecular weight is 179 g/mol.